The molecule has 1 unspecified atom stereocenters. The second-order valence-electron chi connectivity index (χ2n) is 4.84. The third kappa shape index (κ3) is 3.12. The van der Waals surface area contributed by atoms with Crippen molar-refractivity contribution in [1.82, 2.24) is 10.6 Å². The maximum absolute atomic E-state index is 3.91. The van der Waals surface area contributed by atoms with Crippen LogP contribution in [-0.2, 0) is 0 Å². The van der Waals surface area contributed by atoms with Crippen LogP contribution in [0.5, 0.6) is 0 Å². The first-order valence-corrected chi connectivity index (χ1v) is 5.11. The number of rotatable bonds is 3. The molecule has 1 aliphatic heterocycles. The molecule has 0 amide bonds. The van der Waals surface area contributed by atoms with Crippen LogP contribution in [0, 0.1) is 5.41 Å². The van der Waals surface area contributed by atoms with Crippen molar-refractivity contribution in [3.63, 3.8) is 0 Å². The second kappa shape index (κ2) is 4.25. The summed E-state index contributed by atoms with van der Waals surface area (Å²) in [5, 5.41) is 7.00. The molecule has 2 heteroatoms. The van der Waals surface area contributed by atoms with Crippen molar-refractivity contribution in [2.75, 3.05) is 19.6 Å². The van der Waals surface area contributed by atoms with E-state index >= 15 is 0 Å². The van der Waals surface area contributed by atoms with Gasteiger partial charge in [0.15, 0.2) is 0 Å². The Morgan fingerprint density at radius 1 is 1.62 bits per heavy atom. The molecule has 0 saturated carbocycles. The van der Waals surface area contributed by atoms with Gasteiger partial charge in [-0.2, -0.15) is 0 Å². The second-order valence-corrected chi connectivity index (χ2v) is 4.84. The summed E-state index contributed by atoms with van der Waals surface area (Å²) in [4.78, 5) is 0. The fraction of sp³-hybridized carbons (Fsp3) is 0.818. The van der Waals surface area contributed by atoms with Crippen LogP contribution < -0.4 is 10.6 Å². The first kappa shape index (κ1) is 10.7. The first-order valence-electron chi connectivity index (χ1n) is 5.11. The molecule has 13 heavy (non-hydrogen) atoms. The Kier molecular flexibility index (Phi) is 3.51. The van der Waals surface area contributed by atoms with Crippen LogP contribution in [0.25, 0.3) is 0 Å². The highest BCUT2D eigenvalue weighted by molar-refractivity contribution is 4.96. The van der Waals surface area contributed by atoms with Gasteiger partial charge in [-0.05, 0) is 25.3 Å². The van der Waals surface area contributed by atoms with Gasteiger partial charge in [-0.3, -0.25) is 0 Å². The molecule has 2 N–H and O–H groups in total. The molecule has 2 nitrogen and oxygen atoms in total. The summed E-state index contributed by atoms with van der Waals surface area (Å²) in [5.41, 5.74) is 1.59. The predicted molar refractivity (Wildman–Crippen MR) is 57.9 cm³/mol. The van der Waals surface area contributed by atoms with Gasteiger partial charge in [0.2, 0.25) is 0 Å². The number of nitrogens with one attached hydrogen (secondary N) is 2. The molecule has 1 fully saturated rings. The molecule has 0 aliphatic carbocycles. The molecular formula is C11H22N2. The number of piperidine rings is 1. The molecule has 0 radical (unpaired) electrons. The summed E-state index contributed by atoms with van der Waals surface area (Å²) >= 11 is 0. The van der Waals surface area contributed by atoms with Gasteiger partial charge >= 0.3 is 0 Å². The maximum atomic E-state index is 3.91. The molecule has 0 bridgehead atoms. The highest BCUT2D eigenvalue weighted by Gasteiger charge is 2.31. The van der Waals surface area contributed by atoms with Crippen molar-refractivity contribution in [2.24, 2.45) is 5.41 Å². The van der Waals surface area contributed by atoms with E-state index in [9.17, 15) is 0 Å². The van der Waals surface area contributed by atoms with Gasteiger partial charge in [0.1, 0.15) is 0 Å². The normalized spacial score (nSPS) is 27.2. The van der Waals surface area contributed by atoms with E-state index in [1.54, 1.807) is 0 Å². The first-order chi connectivity index (χ1) is 6.02. The Morgan fingerprint density at radius 3 is 2.85 bits per heavy atom. The highest BCUT2D eigenvalue weighted by atomic mass is 15.0. The van der Waals surface area contributed by atoms with Crippen LogP contribution >= 0.6 is 0 Å². The van der Waals surface area contributed by atoms with E-state index in [0.29, 0.717) is 11.5 Å². The van der Waals surface area contributed by atoms with Crippen LogP contribution in [0.15, 0.2) is 12.2 Å². The van der Waals surface area contributed by atoms with Gasteiger partial charge < -0.3 is 10.6 Å². The van der Waals surface area contributed by atoms with Crippen LogP contribution in [-0.4, -0.2) is 25.7 Å². The standard InChI is InChI=1S/C11H22N2/c1-9(2)7-13-10-5-6-12-8-11(10,3)4/h10,12-13H,1,5-8H2,2-4H3. The van der Waals surface area contributed by atoms with Gasteiger partial charge in [0.25, 0.3) is 0 Å². The average molecular weight is 182 g/mol. The van der Waals surface area contributed by atoms with Gasteiger partial charge in [-0.25, -0.2) is 0 Å². The third-order valence-corrected chi connectivity index (χ3v) is 2.78. The molecule has 1 heterocycles. The average Bonchev–Trinajstić information content (AvgIpc) is 2.01. The van der Waals surface area contributed by atoms with Crippen LogP contribution in [0.2, 0.25) is 0 Å². The summed E-state index contributed by atoms with van der Waals surface area (Å²) in [6, 6.07) is 0.630. The maximum Gasteiger partial charge on any atom is 0.0161 e. The van der Waals surface area contributed by atoms with Crippen molar-refractivity contribution in [2.45, 2.75) is 33.2 Å². The van der Waals surface area contributed by atoms with Crippen molar-refractivity contribution in [1.29, 1.82) is 0 Å². The molecular weight excluding hydrogens is 160 g/mol. The van der Waals surface area contributed by atoms with Gasteiger partial charge in [0.05, 0.1) is 0 Å². The summed E-state index contributed by atoms with van der Waals surface area (Å²) < 4.78 is 0. The number of hydrogen-bond donors (Lipinski definition) is 2. The van der Waals surface area contributed by atoms with E-state index in [-0.39, 0.29) is 0 Å². The lowest BCUT2D eigenvalue weighted by Crippen LogP contribution is -2.53. The Hall–Kier alpha value is -0.340. The van der Waals surface area contributed by atoms with E-state index in [1.165, 1.54) is 12.0 Å². The lowest BCUT2D eigenvalue weighted by molar-refractivity contribution is 0.189. The zero-order valence-electron chi connectivity index (χ0n) is 9.11. The monoisotopic (exact) mass is 182 g/mol. The van der Waals surface area contributed by atoms with Crippen molar-refractivity contribution in [3.05, 3.63) is 12.2 Å². The number of hydrogen-bond acceptors (Lipinski definition) is 2. The summed E-state index contributed by atoms with van der Waals surface area (Å²) in [6.07, 6.45) is 1.22. The van der Waals surface area contributed by atoms with Gasteiger partial charge in [0, 0.05) is 19.1 Å². The molecule has 0 aromatic heterocycles. The Balaban J connectivity index is 2.41. The molecule has 76 valence electrons. The van der Waals surface area contributed by atoms with Crippen molar-refractivity contribution in [3.8, 4) is 0 Å². The molecule has 1 atom stereocenters. The van der Waals surface area contributed by atoms with Crippen LogP contribution in [0.3, 0.4) is 0 Å². The van der Waals surface area contributed by atoms with E-state index in [1.807, 2.05) is 0 Å². The Labute approximate surface area is 81.8 Å². The quantitative estimate of drug-likeness (QED) is 0.647. The van der Waals surface area contributed by atoms with Gasteiger partial charge in [-0.1, -0.05) is 26.0 Å². The van der Waals surface area contributed by atoms with Crippen LogP contribution in [0.1, 0.15) is 27.2 Å². The van der Waals surface area contributed by atoms with Crippen molar-refractivity contribution >= 4 is 0 Å². The largest absolute Gasteiger partial charge is 0.316 e. The molecule has 0 aromatic carbocycles. The molecule has 0 spiro atoms. The zero-order chi connectivity index (χ0) is 9.90. The minimum atomic E-state index is 0.369. The SMILES string of the molecule is C=C(C)CNC1CCNCC1(C)C. The fourth-order valence-electron chi connectivity index (χ4n) is 1.85. The lowest BCUT2D eigenvalue weighted by atomic mass is 9.80. The Morgan fingerprint density at radius 2 is 2.31 bits per heavy atom. The minimum absolute atomic E-state index is 0.369. The Bertz CT molecular complexity index is 185. The van der Waals surface area contributed by atoms with E-state index in [4.69, 9.17) is 0 Å². The van der Waals surface area contributed by atoms with Crippen molar-refractivity contribution < 1.29 is 0 Å². The third-order valence-electron chi connectivity index (χ3n) is 2.78. The predicted octanol–water partition coefficient (Wildman–Crippen LogP) is 1.54. The summed E-state index contributed by atoms with van der Waals surface area (Å²) in [5.74, 6) is 0. The highest BCUT2D eigenvalue weighted by Crippen LogP contribution is 2.24. The molecule has 0 aromatic rings. The smallest absolute Gasteiger partial charge is 0.0161 e. The molecule has 1 rings (SSSR count). The lowest BCUT2D eigenvalue weighted by Gasteiger charge is -2.39. The molecule has 1 aliphatic rings. The molecule has 1 saturated heterocycles. The van der Waals surface area contributed by atoms with E-state index in [2.05, 4.69) is 38.0 Å². The van der Waals surface area contributed by atoms with E-state index < -0.39 is 0 Å². The summed E-state index contributed by atoms with van der Waals surface area (Å²) in [6.45, 7) is 13.8. The zero-order valence-corrected chi connectivity index (χ0v) is 9.11. The van der Waals surface area contributed by atoms with E-state index in [0.717, 1.165) is 19.6 Å². The fourth-order valence-corrected chi connectivity index (χ4v) is 1.85. The van der Waals surface area contributed by atoms with Crippen LogP contribution in [0.4, 0.5) is 0 Å². The summed E-state index contributed by atoms with van der Waals surface area (Å²) in [7, 11) is 0. The topological polar surface area (TPSA) is 24.1 Å². The van der Waals surface area contributed by atoms with Gasteiger partial charge in [-0.15, -0.1) is 0 Å². The minimum Gasteiger partial charge on any atom is -0.316 e.